The maximum atomic E-state index is 10.3. The summed E-state index contributed by atoms with van der Waals surface area (Å²) in [5.74, 6) is 0. The third-order valence-electron chi connectivity index (χ3n) is 3.18. The van der Waals surface area contributed by atoms with Gasteiger partial charge >= 0.3 is 0 Å². The molecule has 0 bridgehead atoms. The first kappa shape index (κ1) is 16.4. The fourth-order valence-corrected chi connectivity index (χ4v) is 2.90. The van der Waals surface area contributed by atoms with Gasteiger partial charge in [-0.1, -0.05) is 36.0 Å². The lowest BCUT2D eigenvalue weighted by atomic mass is 10.1. The van der Waals surface area contributed by atoms with Crippen LogP contribution in [0.5, 0.6) is 0 Å². The molecule has 1 aromatic heterocycles. The molecule has 0 radical (unpaired) electrons. The van der Waals surface area contributed by atoms with Gasteiger partial charge in [-0.3, -0.25) is 4.79 Å². The van der Waals surface area contributed by atoms with E-state index in [0.717, 1.165) is 11.9 Å². The predicted molar refractivity (Wildman–Crippen MR) is 90.3 cm³/mol. The van der Waals surface area contributed by atoms with Gasteiger partial charge < -0.3 is 0 Å². The average molecular weight is 286 g/mol. The summed E-state index contributed by atoms with van der Waals surface area (Å²) in [6.45, 7) is 10.5. The monoisotopic (exact) mass is 286 g/mol. The van der Waals surface area contributed by atoms with E-state index < -0.39 is 0 Å². The Morgan fingerprint density at radius 1 is 0.950 bits per heavy atom. The maximum Gasteiger partial charge on any atom is 0.143 e. The van der Waals surface area contributed by atoms with E-state index in [-0.39, 0.29) is 0 Å². The summed E-state index contributed by atoms with van der Waals surface area (Å²) in [6.07, 6.45) is 12.6. The Kier molecular flexibility index (Phi) is 6.40. The zero-order valence-corrected chi connectivity index (χ0v) is 13.7. The number of hydrogen-bond acceptors (Lipinski definition) is 2. The van der Waals surface area contributed by atoms with Crippen LogP contribution in [-0.2, 0) is 4.79 Å². The van der Waals surface area contributed by atoms with Gasteiger partial charge in [-0.25, -0.2) is 0 Å². The van der Waals surface area contributed by atoms with E-state index in [9.17, 15) is 4.79 Å². The predicted octanol–water partition coefficient (Wildman–Crippen LogP) is 5.33. The molecule has 1 rings (SSSR count). The molecule has 0 atom stereocenters. The molecule has 0 aliphatic rings. The van der Waals surface area contributed by atoms with Gasteiger partial charge in [-0.05, 0) is 57.4 Å². The summed E-state index contributed by atoms with van der Waals surface area (Å²) < 4.78 is 0. The Bertz CT molecular complexity index is 595. The van der Waals surface area contributed by atoms with E-state index in [0.29, 0.717) is 0 Å². The van der Waals surface area contributed by atoms with E-state index >= 15 is 0 Å². The molecule has 0 amide bonds. The molecular weight excluding hydrogens is 264 g/mol. The Hall–Kier alpha value is -1.67. The van der Waals surface area contributed by atoms with Crippen molar-refractivity contribution in [1.82, 2.24) is 0 Å². The second-order valence-corrected chi connectivity index (χ2v) is 6.33. The minimum absolute atomic E-state index is 0.806. The summed E-state index contributed by atoms with van der Waals surface area (Å²) in [6, 6.07) is 0. The van der Waals surface area contributed by atoms with E-state index in [1.54, 1.807) is 6.08 Å². The van der Waals surface area contributed by atoms with Crippen LogP contribution in [-0.4, -0.2) is 6.29 Å². The summed E-state index contributed by atoms with van der Waals surface area (Å²) in [5.41, 5.74) is 4.84. The number of carbonyl (C=O) groups is 1. The highest BCUT2D eigenvalue weighted by Crippen LogP contribution is 2.27. The zero-order chi connectivity index (χ0) is 15.1. The fourth-order valence-electron chi connectivity index (χ4n) is 1.84. The normalized spacial score (nSPS) is 13.7. The van der Waals surface area contributed by atoms with Crippen molar-refractivity contribution in [3.8, 4) is 0 Å². The van der Waals surface area contributed by atoms with E-state index in [1.807, 2.05) is 36.5 Å². The van der Waals surface area contributed by atoms with Gasteiger partial charge in [0.1, 0.15) is 6.29 Å². The van der Waals surface area contributed by atoms with Crippen molar-refractivity contribution in [1.29, 1.82) is 0 Å². The van der Waals surface area contributed by atoms with E-state index in [2.05, 4.69) is 39.8 Å². The molecule has 106 valence electrons. The standard InChI is InChI=1S/C18H22OS/c1-13(7-6-8-14(2)11-12-19)9-10-18-15(3)16(4)20-17(18)5/h6-12H,1-5H3/b8-6+,10-9+,13-7+,14-11+. The van der Waals surface area contributed by atoms with E-state index in [4.69, 9.17) is 0 Å². The van der Waals surface area contributed by atoms with Gasteiger partial charge in [0.2, 0.25) is 0 Å². The second kappa shape index (κ2) is 7.81. The number of thiophene rings is 1. The van der Waals surface area contributed by atoms with Crippen LogP contribution in [0.2, 0.25) is 0 Å². The van der Waals surface area contributed by atoms with E-state index in [1.165, 1.54) is 26.5 Å². The number of rotatable bonds is 5. The highest BCUT2D eigenvalue weighted by molar-refractivity contribution is 7.12. The summed E-state index contributed by atoms with van der Waals surface area (Å²) in [7, 11) is 0. The first-order valence-electron chi connectivity index (χ1n) is 6.67. The molecule has 0 spiro atoms. The quantitative estimate of drug-likeness (QED) is 0.406. The van der Waals surface area contributed by atoms with Crippen LogP contribution in [0.25, 0.3) is 6.08 Å². The molecule has 0 aliphatic carbocycles. The van der Waals surface area contributed by atoms with Gasteiger partial charge in [0.25, 0.3) is 0 Å². The van der Waals surface area contributed by atoms with Crippen molar-refractivity contribution < 1.29 is 4.79 Å². The molecule has 1 aromatic rings. The van der Waals surface area contributed by atoms with Gasteiger partial charge in [-0.15, -0.1) is 11.3 Å². The lowest BCUT2D eigenvalue weighted by Gasteiger charge is -1.95. The van der Waals surface area contributed by atoms with Crippen LogP contribution in [0, 0.1) is 20.8 Å². The fraction of sp³-hybridized carbons (Fsp3) is 0.278. The van der Waals surface area contributed by atoms with Crippen LogP contribution in [0.3, 0.4) is 0 Å². The van der Waals surface area contributed by atoms with Crippen LogP contribution in [0.1, 0.15) is 34.7 Å². The van der Waals surface area contributed by atoms with Crippen LogP contribution in [0.15, 0.2) is 41.5 Å². The number of allylic oxidation sites excluding steroid dienone is 7. The Morgan fingerprint density at radius 3 is 2.15 bits per heavy atom. The van der Waals surface area contributed by atoms with Crippen molar-refractivity contribution in [3.63, 3.8) is 0 Å². The molecular formula is C18H22OS. The number of hydrogen-bond donors (Lipinski definition) is 0. The molecule has 0 unspecified atom stereocenters. The number of aldehydes is 1. The average Bonchev–Trinajstić information content (AvgIpc) is 2.61. The largest absolute Gasteiger partial charge is 0.299 e. The van der Waals surface area contributed by atoms with Crippen molar-refractivity contribution in [2.45, 2.75) is 34.6 Å². The lowest BCUT2D eigenvalue weighted by molar-refractivity contribution is -0.104. The first-order valence-corrected chi connectivity index (χ1v) is 7.49. The molecule has 0 aromatic carbocycles. The highest BCUT2D eigenvalue weighted by atomic mass is 32.1. The van der Waals surface area contributed by atoms with Gasteiger partial charge in [0.05, 0.1) is 0 Å². The minimum Gasteiger partial charge on any atom is -0.299 e. The molecule has 1 heterocycles. The maximum absolute atomic E-state index is 10.3. The Balaban J connectivity index is 2.79. The summed E-state index contributed by atoms with van der Waals surface area (Å²) in [5, 5.41) is 0. The molecule has 0 N–H and O–H groups in total. The number of aryl methyl sites for hydroxylation is 2. The third kappa shape index (κ3) is 4.78. The first-order chi connectivity index (χ1) is 9.45. The minimum atomic E-state index is 0.806. The third-order valence-corrected chi connectivity index (χ3v) is 4.32. The Labute approximate surface area is 126 Å². The topological polar surface area (TPSA) is 17.1 Å². The van der Waals surface area contributed by atoms with Crippen molar-refractivity contribution in [2.75, 3.05) is 0 Å². The molecule has 0 saturated heterocycles. The highest BCUT2D eigenvalue weighted by Gasteiger charge is 2.05. The molecule has 0 saturated carbocycles. The molecule has 20 heavy (non-hydrogen) atoms. The van der Waals surface area contributed by atoms with Crippen molar-refractivity contribution in [3.05, 3.63) is 62.4 Å². The summed E-state index contributed by atoms with van der Waals surface area (Å²) in [4.78, 5) is 13.1. The zero-order valence-electron chi connectivity index (χ0n) is 12.9. The van der Waals surface area contributed by atoms with Crippen LogP contribution >= 0.6 is 11.3 Å². The van der Waals surface area contributed by atoms with Crippen LogP contribution in [0.4, 0.5) is 0 Å². The molecule has 0 aliphatic heterocycles. The molecule has 0 fully saturated rings. The lowest BCUT2D eigenvalue weighted by Crippen LogP contribution is -1.77. The van der Waals surface area contributed by atoms with Gasteiger partial charge in [0, 0.05) is 9.75 Å². The van der Waals surface area contributed by atoms with Gasteiger partial charge in [-0.2, -0.15) is 0 Å². The van der Waals surface area contributed by atoms with Crippen molar-refractivity contribution in [2.24, 2.45) is 0 Å². The second-order valence-electron chi connectivity index (χ2n) is 4.90. The smallest absolute Gasteiger partial charge is 0.143 e. The summed E-state index contributed by atoms with van der Waals surface area (Å²) >= 11 is 1.85. The molecule has 2 heteroatoms. The number of carbonyl (C=O) groups excluding carboxylic acids is 1. The van der Waals surface area contributed by atoms with Crippen LogP contribution < -0.4 is 0 Å². The Morgan fingerprint density at radius 2 is 1.60 bits per heavy atom. The molecule has 1 nitrogen and oxygen atoms in total. The van der Waals surface area contributed by atoms with Crippen molar-refractivity contribution >= 4 is 23.7 Å². The van der Waals surface area contributed by atoms with Gasteiger partial charge in [0.15, 0.2) is 0 Å². The SMILES string of the molecule is CC(/C=C/C=C(C)/C=C/c1c(C)sc(C)c1C)=C\C=O.